The first-order valence-corrected chi connectivity index (χ1v) is 9.92. The minimum Gasteiger partial charge on any atom is -0.497 e. The molecule has 2 aromatic carbocycles. The lowest BCUT2D eigenvalue weighted by atomic mass is 10.1. The van der Waals surface area contributed by atoms with Crippen LogP contribution in [0.1, 0.15) is 32.9 Å². The molecule has 3 N–H and O–H groups in total. The summed E-state index contributed by atoms with van der Waals surface area (Å²) < 4.78 is 7.26. The molecule has 0 saturated heterocycles. The molecular weight excluding hydrogens is 404 g/mol. The van der Waals surface area contributed by atoms with Crippen molar-refractivity contribution in [2.24, 2.45) is 5.73 Å². The van der Waals surface area contributed by atoms with Crippen LogP contribution in [0.3, 0.4) is 0 Å². The Kier molecular flexibility index (Phi) is 6.45. The molecule has 7 nitrogen and oxygen atoms in total. The monoisotopic (exact) mass is 428 g/mol. The molecule has 0 aliphatic rings. The number of hydrogen-bond donors (Lipinski definition) is 2. The zero-order valence-corrected chi connectivity index (χ0v) is 18.4. The van der Waals surface area contributed by atoms with Crippen molar-refractivity contribution in [1.82, 2.24) is 4.57 Å². The Hall–Kier alpha value is -4.31. The number of benzene rings is 2. The number of carbonyl (C=O) groups is 2. The van der Waals surface area contributed by atoms with E-state index >= 15 is 0 Å². The van der Waals surface area contributed by atoms with Gasteiger partial charge in [0.1, 0.15) is 17.4 Å². The standard InChI is InChI=1S/C25H24N4O3/c1-15-11-20(5-10-23(15)24(27)30)28-25(31)19(14-26)13-18-12-16(2)29(17(18)3)21-6-8-22(32-4)9-7-21/h5-13H,1-4H3,(H2,27,30)(H,28,31)/b19-13-. The Morgan fingerprint density at radius 2 is 1.78 bits per heavy atom. The van der Waals surface area contributed by atoms with E-state index in [4.69, 9.17) is 10.5 Å². The van der Waals surface area contributed by atoms with Crippen LogP contribution in [0.4, 0.5) is 5.69 Å². The van der Waals surface area contributed by atoms with Gasteiger partial charge in [-0.25, -0.2) is 0 Å². The van der Waals surface area contributed by atoms with Gasteiger partial charge in [-0.2, -0.15) is 5.26 Å². The maximum absolute atomic E-state index is 12.7. The minimum atomic E-state index is -0.537. The molecule has 0 aliphatic carbocycles. The first-order valence-electron chi connectivity index (χ1n) is 9.92. The average molecular weight is 428 g/mol. The van der Waals surface area contributed by atoms with Crippen LogP contribution >= 0.6 is 0 Å². The fourth-order valence-corrected chi connectivity index (χ4v) is 3.58. The number of anilines is 1. The first kappa shape index (κ1) is 22.4. The van der Waals surface area contributed by atoms with E-state index in [1.165, 1.54) is 0 Å². The minimum absolute atomic E-state index is 0.0309. The summed E-state index contributed by atoms with van der Waals surface area (Å²) in [7, 11) is 1.62. The number of nitrogens with two attached hydrogens (primary N) is 1. The molecule has 0 unspecified atom stereocenters. The zero-order valence-electron chi connectivity index (χ0n) is 18.4. The van der Waals surface area contributed by atoms with Gasteiger partial charge >= 0.3 is 0 Å². The SMILES string of the molecule is COc1ccc(-n2c(C)cc(/C=C(/C#N)C(=O)Nc3ccc(C(N)=O)c(C)c3)c2C)cc1. The van der Waals surface area contributed by atoms with Crippen LogP contribution in [0.25, 0.3) is 11.8 Å². The summed E-state index contributed by atoms with van der Waals surface area (Å²) in [5.41, 5.74) is 10.4. The van der Waals surface area contributed by atoms with Crippen molar-refractivity contribution in [2.75, 3.05) is 12.4 Å². The van der Waals surface area contributed by atoms with Gasteiger partial charge in [0.2, 0.25) is 5.91 Å². The largest absolute Gasteiger partial charge is 0.497 e. The number of hydrogen-bond acceptors (Lipinski definition) is 4. The molecule has 0 bridgehead atoms. The second kappa shape index (κ2) is 9.23. The third-order valence-electron chi connectivity index (χ3n) is 5.22. The van der Waals surface area contributed by atoms with Crippen molar-refractivity contribution in [3.63, 3.8) is 0 Å². The summed E-state index contributed by atoms with van der Waals surface area (Å²) >= 11 is 0. The molecule has 2 amide bonds. The molecule has 3 rings (SSSR count). The Morgan fingerprint density at radius 1 is 1.09 bits per heavy atom. The van der Waals surface area contributed by atoms with E-state index in [0.29, 0.717) is 16.8 Å². The highest BCUT2D eigenvalue weighted by molar-refractivity contribution is 6.10. The van der Waals surface area contributed by atoms with Gasteiger partial charge in [-0.05, 0) is 86.5 Å². The highest BCUT2D eigenvalue weighted by Gasteiger charge is 2.15. The number of nitrogens with one attached hydrogen (secondary N) is 1. The Balaban J connectivity index is 1.89. The predicted octanol–water partition coefficient (Wildman–Crippen LogP) is 4.06. The van der Waals surface area contributed by atoms with Crippen LogP contribution in [0.2, 0.25) is 0 Å². The maximum Gasteiger partial charge on any atom is 0.266 e. The number of aryl methyl sites for hydroxylation is 2. The van der Waals surface area contributed by atoms with E-state index in [1.54, 1.807) is 38.3 Å². The molecule has 3 aromatic rings. The second-order valence-corrected chi connectivity index (χ2v) is 7.38. The van der Waals surface area contributed by atoms with Crippen molar-refractivity contribution >= 4 is 23.6 Å². The number of ether oxygens (including phenoxy) is 1. The van der Waals surface area contributed by atoms with E-state index in [-0.39, 0.29) is 5.57 Å². The number of amides is 2. The molecule has 1 aromatic heterocycles. The number of nitriles is 1. The number of methoxy groups -OCH3 is 1. The summed E-state index contributed by atoms with van der Waals surface area (Å²) in [5, 5.41) is 12.3. The molecule has 7 heteroatoms. The van der Waals surface area contributed by atoms with E-state index in [9.17, 15) is 14.9 Å². The number of aromatic nitrogens is 1. The summed E-state index contributed by atoms with van der Waals surface area (Å²) in [5.74, 6) is -0.308. The Labute approximate surface area is 186 Å². The topological polar surface area (TPSA) is 110 Å². The third kappa shape index (κ3) is 4.55. The maximum atomic E-state index is 12.7. The second-order valence-electron chi connectivity index (χ2n) is 7.38. The van der Waals surface area contributed by atoms with Crippen LogP contribution in [0.5, 0.6) is 5.75 Å². The number of nitrogens with zero attached hydrogens (tertiary/aromatic N) is 2. The Morgan fingerprint density at radius 3 is 2.34 bits per heavy atom. The molecule has 0 radical (unpaired) electrons. The fourth-order valence-electron chi connectivity index (χ4n) is 3.58. The summed E-state index contributed by atoms with van der Waals surface area (Å²) in [6.45, 7) is 5.62. The molecule has 32 heavy (non-hydrogen) atoms. The molecular formula is C25H24N4O3. The summed E-state index contributed by atoms with van der Waals surface area (Å²) in [4.78, 5) is 24.1. The molecule has 162 valence electrons. The Bertz CT molecular complexity index is 1260. The molecule has 1 heterocycles. The van der Waals surface area contributed by atoms with Crippen LogP contribution in [-0.4, -0.2) is 23.5 Å². The third-order valence-corrected chi connectivity index (χ3v) is 5.22. The van der Waals surface area contributed by atoms with Gasteiger partial charge in [0.15, 0.2) is 0 Å². The summed E-state index contributed by atoms with van der Waals surface area (Å²) in [6, 6.07) is 16.3. The highest BCUT2D eigenvalue weighted by atomic mass is 16.5. The van der Waals surface area contributed by atoms with E-state index in [1.807, 2.05) is 54.8 Å². The number of carbonyl (C=O) groups excluding carboxylic acids is 2. The van der Waals surface area contributed by atoms with Gasteiger partial charge < -0.3 is 20.4 Å². The highest BCUT2D eigenvalue weighted by Crippen LogP contribution is 2.25. The van der Waals surface area contributed by atoms with Crippen LogP contribution in [0.15, 0.2) is 54.1 Å². The lowest BCUT2D eigenvalue weighted by Crippen LogP contribution is -2.15. The van der Waals surface area contributed by atoms with Crippen LogP contribution in [0, 0.1) is 32.1 Å². The number of rotatable bonds is 6. The van der Waals surface area contributed by atoms with E-state index in [0.717, 1.165) is 28.4 Å². The predicted molar refractivity (Wildman–Crippen MR) is 124 cm³/mol. The van der Waals surface area contributed by atoms with Crippen molar-refractivity contribution in [2.45, 2.75) is 20.8 Å². The van der Waals surface area contributed by atoms with Gasteiger partial charge in [-0.15, -0.1) is 0 Å². The van der Waals surface area contributed by atoms with Crippen molar-refractivity contribution < 1.29 is 14.3 Å². The lowest BCUT2D eigenvalue weighted by Gasteiger charge is -2.10. The molecule has 0 saturated carbocycles. The van der Waals surface area contributed by atoms with Gasteiger partial charge in [0, 0.05) is 28.3 Å². The normalized spacial score (nSPS) is 11.0. The quantitative estimate of drug-likeness (QED) is 0.456. The summed E-state index contributed by atoms with van der Waals surface area (Å²) in [6.07, 6.45) is 1.57. The first-order chi connectivity index (χ1) is 15.2. The number of primary amides is 1. The fraction of sp³-hybridized carbons (Fsp3) is 0.160. The molecule has 0 atom stereocenters. The van der Waals surface area contributed by atoms with E-state index in [2.05, 4.69) is 5.32 Å². The van der Waals surface area contributed by atoms with Crippen LogP contribution < -0.4 is 15.8 Å². The van der Waals surface area contributed by atoms with Crippen molar-refractivity contribution in [3.05, 3.63) is 82.2 Å². The van der Waals surface area contributed by atoms with Gasteiger partial charge in [-0.3, -0.25) is 9.59 Å². The van der Waals surface area contributed by atoms with Crippen molar-refractivity contribution in [1.29, 1.82) is 5.26 Å². The van der Waals surface area contributed by atoms with E-state index < -0.39 is 11.8 Å². The molecule has 0 aliphatic heterocycles. The lowest BCUT2D eigenvalue weighted by molar-refractivity contribution is -0.112. The smallest absolute Gasteiger partial charge is 0.266 e. The molecule has 0 fully saturated rings. The van der Waals surface area contributed by atoms with Crippen molar-refractivity contribution in [3.8, 4) is 17.5 Å². The van der Waals surface area contributed by atoms with Gasteiger partial charge in [-0.1, -0.05) is 0 Å². The van der Waals surface area contributed by atoms with Crippen LogP contribution in [-0.2, 0) is 4.79 Å². The van der Waals surface area contributed by atoms with Gasteiger partial charge in [0.05, 0.1) is 7.11 Å². The zero-order chi connectivity index (χ0) is 23.4. The van der Waals surface area contributed by atoms with Gasteiger partial charge in [0.25, 0.3) is 5.91 Å². The molecule has 0 spiro atoms. The average Bonchev–Trinajstić information content (AvgIpc) is 3.04.